The maximum absolute atomic E-state index is 11.3. The van der Waals surface area contributed by atoms with E-state index in [-0.39, 0.29) is 12.5 Å². The number of benzene rings is 1. The van der Waals surface area contributed by atoms with Crippen LogP contribution in [0.15, 0.2) is 40.8 Å². The van der Waals surface area contributed by atoms with Gasteiger partial charge in [0.05, 0.1) is 12.3 Å². The Bertz CT molecular complexity index is 436. The monoisotopic (exact) mass is 231 g/mol. The molecule has 1 aliphatic heterocycles. The van der Waals surface area contributed by atoms with Crippen molar-refractivity contribution in [1.82, 2.24) is 5.01 Å². The van der Waals surface area contributed by atoms with Crippen molar-refractivity contribution in [3.05, 3.63) is 36.0 Å². The molecule has 0 aliphatic carbocycles. The van der Waals surface area contributed by atoms with Gasteiger partial charge in [0.2, 0.25) is 0 Å². The van der Waals surface area contributed by atoms with E-state index in [9.17, 15) is 4.79 Å². The van der Waals surface area contributed by atoms with Gasteiger partial charge in [0.15, 0.2) is 0 Å². The van der Waals surface area contributed by atoms with E-state index in [0.29, 0.717) is 6.61 Å². The molecule has 88 valence electrons. The summed E-state index contributed by atoms with van der Waals surface area (Å²) in [4.78, 5) is 11.3. The topological polar surface area (TPSA) is 54.3 Å². The Balaban J connectivity index is 2.09. The van der Waals surface area contributed by atoms with E-state index in [0.717, 1.165) is 11.3 Å². The first-order valence-corrected chi connectivity index (χ1v) is 5.40. The van der Waals surface area contributed by atoms with Crippen molar-refractivity contribution in [2.24, 2.45) is 10.3 Å². The predicted octanol–water partition coefficient (Wildman–Crippen LogP) is 2.53. The van der Waals surface area contributed by atoms with Gasteiger partial charge in [0, 0.05) is 11.8 Å². The highest BCUT2D eigenvalue weighted by molar-refractivity contribution is 5.72. The Morgan fingerprint density at radius 3 is 3.06 bits per heavy atom. The Labute approximate surface area is 99.4 Å². The molecule has 0 saturated heterocycles. The maximum atomic E-state index is 11.3. The van der Waals surface area contributed by atoms with Crippen LogP contribution in [0, 0.1) is 0 Å². The van der Waals surface area contributed by atoms with E-state index >= 15 is 0 Å². The van der Waals surface area contributed by atoms with Crippen LogP contribution in [0.1, 0.15) is 12.5 Å². The highest BCUT2D eigenvalue weighted by Crippen LogP contribution is 2.23. The van der Waals surface area contributed by atoms with Crippen molar-refractivity contribution in [1.29, 1.82) is 0 Å². The molecule has 0 amide bonds. The van der Waals surface area contributed by atoms with Crippen molar-refractivity contribution in [2.75, 3.05) is 13.2 Å². The van der Waals surface area contributed by atoms with Gasteiger partial charge >= 0.3 is 5.97 Å². The van der Waals surface area contributed by atoms with Crippen molar-refractivity contribution >= 4 is 17.7 Å². The van der Waals surface area contributed by atoms with Gasteiger partial charge < -0.3 is 4.74 Å². The van der Waals surface area contributed by atoms with E-state index in [4.69, 9.17) is 4.74 Å². The fraction of sp³-hybridized carbons (Fsp3) is 0.250. The van der Waals surface area contributed by atoms with Crippen molar-refractivity contribution in [2.45, 2.75) is 6.92 Å². The number of esters is 1. The zero-order valence-corrected chi connectivity index (χ0v) is 9.54. The van der Waals surface area contributed by atoms with Gasteiger partial charge in [-0.1, -0.05) is 23.4 Å². The summed E-state index contributed by atoms with van der Waals surface area (Å²) in [6, 6.07) is 7.64. The lowest BCUT2D eigenvalue weighted by Gasteiger charge is -2.09. The van der Waals surface area contributed by atoms with Gasteiger partial charge in [-0.25, -0.2) is 5.01 Å². The number of nitrogens with zero attached hydrogens (tertiary/aromatic N) is 3. The molecule has 1 aliphatic rings. The lowest BCUT2D eigenvalue weighted by Crippen LogP contribution is -2.21. The molecule has 0 saturated carbocycles. The molecule has 1 heterocycles. The number of hydrogen-bond donors (Lipinski definition) is 0. The van der Waals surface area contributed by atoms with E-state index in [1.54, 1.807) is 13.1 Å². The minimum absolute atomic E-state index is 0.0713. The normalized spacial score (nSPS) is 13.1. The van der Waals surface area contributed by atoms with E-state index in [1.807, 2.05) is 30.3 Å². The molecule has 1 aromatic rings. The minimum Gasteiger partial charge on any atom is -0.465 e. The predicted molar refractivity (Wildman–Crippen MR) is 63.3 cm³/mol. The second-order valence-electron chi connectivity index (χ2n) is 3.47. The van der Waals surface area contributed by atoms with Crippen LogP contribution >= 0.6 is 0 Å². The number of ether oxygens (including phenoxy) is 1. The number of carbonyl (C=O) groups excluding carboxylic acids is 1. The van der Waals surface area contributed by atoms with Crippen LogP contribution in [-0.4, -0.2) is 24.1 Å². The summed E-state index contributed by atoms with van der Waals surface area (Å²) < 4.78 is 4.85. The fourth-order valence-corrected chi connectivity index (χ4v) is 1.44. The summed E-state index contributed by atoms with van der Waals surface area (Å²) in [5, 5.41) is 9.48. The molecule has 0 radical (unpaired) electrons. The van der Waals surface area contributed by atoms with Crippen LogP contribution in [0.2, 0.25) is 0 Å². The Kier molecular flexibility index (Phi) is 3.49. The first-order valence-electron chi connectivity index (χ1n) is 5.40. The van der Waals surface area contributed by atoms with Crippen molar-refractivity contribution in [3.8, 4) is 0 Å². The quantitative estimate of drug-likeness (QED) is 0.751. The molecule has 0 N–H and O–H groups in total. The second kappa shape index (κ2) is 5.25. The van der Waals surface area contributed by atoms with Crippen LogP contribution < -0.4 is 0 Å². The molecule has 1 aromatic carbocycles. The third-order valence-corrected chi connectivity index (χ3v) is 2.23. The number of rotatable bonds is 3. The maximum Gasteiger partial charge on any atom is 0.327 e. The number of hydrogen-bond acceptors (Lipinski definition) is 5. The lowest BCUT2D eigenvalue weighted by atomic mass is 10.2. The highest BCUT2D eigenvalue weighted by Gasteiger charge is 2.09. The Morgan fingerprint density at radius 1 is 1.41 bits per heavy atom. The second-order valence-corrected chi connectivity index (χ2v) is 3.47. The summed E-state index contributed by atoms with van der Waals surface area (Å²) in [5.74, 6) is -0.318. The third-order valence-electron chi connectivity index (χ3n) is 2.23. The van der Waals surface area contributed by atoms with Gasteiger partial charge in [-0.2, -0.15) is 0 Å². The lowest BCUT2D eigenvalue weighted by molar-refractivity contribution is -0.143. The standard InChI is InChI=1S/C12H13N3O2/c1-2-17-12(16)9-15-8-7-10-5-3-4-6-11(10)13-14-15/h3-8H,2,9H2,1H3. The van der Waals surface area contributed by atoms with E-state index < -0.39 is 0 Å². The molecule has 0 atom stereocenters. The third kappa shape index (κ3) is 2.90. The Morgan fingerprint density at radius 2 is 2.24 bits per heavy atom. The molecular formula is C12H13N3O2. The molecule has 0 fully saturated rings. The largest absolute Gasteiger partial charge is 0.465 e. The van der Waals surface area contributed by atoms with Gasteiger partial charge in [-0.05, 0) is 19.1 Å². The Hall–Kier alpha value is -2.17. The van der Waals surface area contributed by atoms with Crippen LogP contribution in [0.25, 0.3) is 6.08 Å². The molecule has 17 heavy (non-hydrogen) atoms. The van der Waals surface area contributed by atoms with Crippen molar-refractivity contribution in [3.63, 3.8) is 0 Å². The average Bonchev–Trinajstić information content (AvgIpc) is 2.53. The molecular weight excluding hydrogens is 218 g/mol. The molecule has 0 bridgehead atoms. The summed E-state index contributed by atoms with van der Waals surface area (Å²) in [6.45, 7) is 2.21. The van der Waals surface area contributed by atoms with Crippen LogP contribution in [0.4, 0.5) is 5.69 Å². The molecule has 0 aromatic heterocycles. The van der Waals surface area contributed by atoms with Gasteiger partial charge in [0.1, 0.15) is 6.54 Å². The van der Waals surface area contributed by atoms with E-state index in [2.05, 4.69) is 10.3 Å². The summed E-state index contributed by atoms with van der Waals surface area (Å²) in [7, 11) is 0. The van der Waals surface area contributed by atoms with Gasteiger partial charge in [0.25, 0.3) is 0 Å². The first kappa shape index (κ1) is 11.3. The number of fused-ring (bicyclic) bond motifs is 1. The van der Waals surface area contributed by atoms with Crippen LogP contribution in [0.3, 0.4) is 0 Å². The molecule has 0 unspecified atom stereocenters. The molecule has 0 spiro atoms. The fourth-order valence-electron chi connectivity index (χ4n) is 1.44. The zero-order chi connectivity index (χ0) is 12.1. The molecule has 2 rings (SSSR count). The smallest absolute Gasteiger partial charge is 0.327 e. The highest BCUT2D eigenvalue weighted by atomic mass is 16.5. The van der Waals surface area contributed by atoms with Gasteiger partial charge in [-0.3, -0.25) is 4.79 Å². The molecule has 5 heteroatoms. The first-order chi connectivity index (χ1) is 8.29. The summed E-state index contributed by atoms with van der Waals surface area (Å²) in [5.41, 5.74) is 1.76. The van der Waals surface area contributed by atoms with E-state index in [1.165, 1.54) is 5.01 Å². The zero-order valence-electron chi connectivity index (χ0n) is 9.54. The summed E-state index contributed by atoms with van der Waals surface area (Å²) >= 11 is 0. The van der Waals surface area contributed by atoms with Crippen LogP contribution in [0.5, 0.6) is 0 Å². The molecule has 5 nitrogen and oxygen atoms in total. The minimum atomic E-state index is -0.318. The number of carbonyl (C=O) groups is 1. The SMILES string of the molecule is CCOC(=O)CN1C=Cc2ccccc2N=N1. The van der Waals surface area contributed by atoms with Crippen molar-refractivity contribution < 1.29 is 9.53 Å². The van der Waals surface area contributed by atoms with Gasteiger partial charge in [-0.15, -0.1) is 5.11 Å². The summed E-state index contributed by atoms with van der Waals surface area (Å²) in [6.07, 6.45) is 3.58. The van der Waals surface area contributed by atoms with Crippen LogP contribution in [-0.2, 0) is 9.53 Å². The average molecular weight is 231 g/mol.